The Bertz CT molecular complexity index is 383. The smallest absolute Gasteiger partial charge is 0.319 e. The van der Waals surface area contributed by atoms with Crippen molar-refractivity contribution in [2.24, 2.45) is 0 Å². The maximum Gasteiger partial charge on any atom is 0.319 e. The Morgan fingerprint density at radius 1 is 1.39 bits per heavy atom. The van der Waals surface area contributed by atoms with E-state index in [9.17, 15) is 4.79 Å². The molecule has 0 aliphatic carbocycles. The SMILES string of the molecule is CCc1ccc(NC(=O)NC[C@@H]2CCCO2)cc1. The Morgan fingerprint density at radius 2 is 2.17 bits per heavy atom. The van der Waals surface area contributed by atoms with Crippen molar-refractivity contribution in [2.75, 3.05) is 18.5 Å². The number of benzene rings is 1. The van der Waals surface area contributed by atoms with Gasteiger partial charge < -0.3 is 15.4 Å². The van der Waals surface area contributed by atoms with E-state index in [4.69, 9.17) is 4.74 Å². The maximum atomic E-state index is 11.6. The molecule has 0 spiro atoms. The predicted molar refractivity (Wildman–Crippen MR) is 71.8 cm³/mol. The number of hydrogen-bond acceptors (Lipinski definition) is 2. The molecule has 18 heavy (non-hydrogen) atoms. The molecule has 1 aliphatic heterocycles. The first-order valence-electron chi connectivity index (χ1n) is 6.53. The zero-order valence-corrected chi connectivity index (χ0v) is 10.7. The molecule has 1 atom stereocenters. The van der Waals surface area contributed by atoms with Gasteiger partial charge in [0, 0.05) is 18.8 Å². The van der Waals surface area contributed by atoms with E-state index >= 15 is 0 Å². The van der Waals surface area contributed by atoms with E-state index < -0.39 is 0 Å². The monoisotopic (exact) mass is 248 g/mol. The lowest BCUT2D eigenvalue weighted by Gasteiger charge is -2.11. The highest BCUT2D eigenvalue weighted by atomic mass is 16.5. The molecule has 0 unspecified atom stereocenters. The normalized spacial score (nSPS) is 18.6. The Kier molecular flexibility index (Phi) is 4.59. The molecule has 0 saturated carbocycles. The fraction of sp³-hybridized carbons (Fsp3) is 0.500. The van der Waals surface area contributed by atoms with E-state index in [1.54, 1.807) is 0 Å². The van der Waals surface area contributed by atoms with E-state index in [1.165, 1.54) is 5.56 Å². The second kappa shape index (κ2) is 6.40. The molecule has 1 saturated heterocycles. The number of carbonyl (C=O) groups is 1. The second-order valence-corrected chi connectivity index (χ2v) is 4.52. The molecular weight excluding hydrogens is 228 g/mol. The Balaban J connectivity index is 1.75. The van der Waals surface area contributed by atoms with Gasteiger partial charge in [0.1, 0.15) is 0 Å². The van der Waals surface area contributed by atoms with E-state index in [0.717, 1.165) is 31.6 Å². The minimum Gasteiger partial charge on any atom is -0.376 e. The Morgan fingerprint density at radius 3 is 2.78 bits per heavy atom. The lowest BCUT2D eigenvalue weighted by molar-refractivity contribution is 0.112. The summed E-state index contributed by atoms with van der Waals surface area (Å²) >= 11 is 0. The highest BCUT2D eigenvalue weighted by molar-refractivity contribution is 5.89. The van der Waals surface area contributed by atoms with E-state index in [2.05, 4.69) is 17.6 Å². The maximum absolute atomic E-state index is 11.6. The predicted octanol–water partition coefficient (Wildman–Crippen LogP) is 2.55. The standard InChI is InChI=1S/C14H20N2O2/c1-2-11-5-7-12(8-6-11)16-14(17)15-10-13-4-3-9-18-13/h5-8,13H,2-4,9-10H2,1H3,(H2,15,16,17)/t13-/m0/s1. The average molecular weight is 248 g/mol. The minimum absolute atomic E-state index is 0.172. The van der Waals surface area contributed by atoms with Crippen molar-refractivity contribution in [3.05, 3.63) is 29.8 Å². The molecular formula is C14H20N2O2. The summed E-state index contributed by atoms with van der Waals surface area (Å²) in [4.78, 5) is 11.6. The fourth-order valence-electron chi connectivity index (χ4n) is 2.01. The molecule has 0 aromatic heterocycles. The lowest BCUT2D eigenvalue weighted by Crippen LogP contribution is -2.35. The van der Waals surface area contributed by atoms with Crippen molar-refractivity contribution in [3.63, 3.8) is 0 Å². The first-order valence-corrected chi connectivity index (χ1v) is 6.53. The molecule has 4 nitrogen and oxygen atoms in total. The average Bonchev–Trinajstić information content (AvgIpc) is 2.90. The zero-order chi connectivity index (χ0) is 12.8. The van der Waals surface area contributed by atoms with Crippen molar-refractivity contribution < 1.29 is 9.53 Å². The van der Waals surface area contributed by atoms with Crippen LogP contribution in [-0.2, 0) is 11.2 Å². The third-order valence-electron chi connectivity index (χ3n) is 3.13. The third kappa shape index (κ3) is 3.74. The summed E-state index contributed by atoms with van der Waals surface area (Å²) in [6.07, 6.45) is 3.31. The number of urea groups is 1. The van der Waals surface area contributed by atoms with Gasteiger partial charge in [-0.3, -0.25) is 0 Å². The quantitative estimate of drug-likeness (QED) is 0.860. The number of rotatable bonds is 4. The summed E-state index contributed by atoms with van der Waals surface area (Å²) in [7, 11) is 0. The van der Waals surface area contributed by atoms with Crippen molar-refractivity contribution >= 4 is 11.7 Å². The summed E-state index contributed by atoms with van der Waals surface area (Å²) in [5, 5.41) is 5.64. The number of nitrogens with one attached hydrogen (secondary N) is 2. The van der Waals surface area contributed by atoms with Crippen molar-refractivity contribution in [3.8, 4) is 0 Å². The minimum atomic E-state index is -0.172. The van der Waals surface area contributed by atoms with Crippen LogP contribution in [-0.4, -0.2) is 25.3 Å². The van der Waals surface area contributed by atoms with Gasteiger partial charge in [-0.1, -0.05) is 19.1 Å². The second-order valence-electron chi connectivity index (χ2n) is 4.52. The van der Waals surface area contributed by atoms with Crippen LogP contribution < -0.4 is 10.6 Å². The van der Waals surface area contributed by atoms with Crippen molar-refractivity contribution in [1.29, 1.82) is 0 Å². The van der Waals surface area contributed by atoms with Gasteiger partial charge in [-0.25, -0.2) is 4.79 Å². The van der Waals surface area contributed by atoms with Crippen LogP contribution in [0.2, 0.25) is 0 Å². The third-order valence-corrected chi connectivity index (χ3v) is 3.13. The number of carbonyl (C=O) groups excluding carboxylic acids is 1. The number of anilines is 1. The molecule has 2 N–H and O–H groups in total. The van der Waals surface area contributed by atoms with Crippen molar-refractivity contribution in [1.82, 2.24) is 5.32 Å². The highest BCUT2D eigenvalue weighted by Gasteiger charge is 2.15. The largest absolute Gasteiger partial charge is 0.376 e. The molecule has 1 aliphatic rings. The summed E-state index contributed by atoms with van der Waals surface area (Å²) in [6, 6.07) is 7.72. The van der Waals surface area contributed by atoms with Crippen LogP contribution in [0.3, 0.4) is 0 Å². The van der Waals surface area contributed by atoms with Crippen LogP contribution in [0, 0.1) is 0 Å². The Hall–Kier alpha value is -1.55. The first-order chi connectivity index (χ1) is 8.78. The van der Waals surface area contributed by atoms with Crippen LogP contribution in [0.15, 0.2) is 24.3 Å². The summed E-state index contributed by atoms with van der Waals surface area (Å²) in [5.41, 5.74) is 2.08. The van der Waals surface area contributed by atoms with E-state index in [1.807, 2.05) is 24.3 Å². The van der Waals surface area contributed by atoms with Crippen LogP contribution in [0.1, 0.15) is 25.3 Å². The molecule has 2 amide bonds. The molecule has 1 fully saturated rings. The van der Waals surface area contributed by atoms with Crippen LogP contribution in [0.25, 0.3) is 0 Å². The number of aryl methyl sites for hydroxylation is 1. The lowest BCUT2D eigenvalue weighted by atomic mass is 10.1. The van der Waals surface area contributed by atoms with Gasteiger partial charge in [-0.05, 0) is 37.0 Å². The zero-order valence-electron chi connectivity index (χ0n) is 10.7. The molecule has 1 aromatic carbocycles. The topological polar surface area (TPSA) is 50.4 Å². The van der Waals surface area contributed by atoms with Crippen LogP contribution in [0.5, 0.6) is 0 Å². The molecule has 2 rings (SSSR count). The molecule has 4 heteroatoms. The highest BCUT2D eigenvalue weighted by Crippen LogP contribution is 2.11. The number of hydrogen-bond donors (Lipinski definition) is 2. The first kappa shape index (κ1) is 12.9. The van der Waals surface area contributed by atoms with Gasteiger partial charge >= 0.3 is 6.03 Å². The van der Waals surface area contributed by atoms with Gasteiger partial charge in [0.2, 0.25) is 0 Å². The Labute approximate surface area is 108 Å². The number of ether oxygens (including phenoxy) is 1. The van der Waals surface area contributed by atoms with Gasteiger partial charge in [-0.15, -0.1) is 0 Å². The summed E-state index contributed by atoms with van der Waals surface area (Å²) in [6.45, 7) is 3.50. The molecule has 1 heterocycles. The van der Waals surface area contributed by atoms with Gasteiger partial charge in [0.05, 0.1) is 6.10 Å². The van der Waals surface area contributed by atoms with Gasteiger partial charge in [0.25, 0.3) is 0 Å². The summed E-state index contributed by atoms with van der Waals surface area (Å²) in [5.74, 6) is 0. The molecule has 0 radical (unpaired) electrons. The van der Waals surface area contributed by atoms with E-state index in [-0.39, 0.29) is 12.1 Å². The molecule has 1 aromatic rings. The molecule has 98 valence electrons. The number of amides is 2. The van der Waals surface area contributed by atoms with Gasteiger partial charge in [0.15, 0.2) is 0 Å². The fourth-order valence-corrected chi connectivity index (χ4v) is 2.01. The summed E-state index contributed by atoms with van der Waals surface area (Å²) < 4.78 is 5.44. The van der Waals surface area contributed by atoms with Crippen molar-refractivity contribution in [2.45, 2.75) is 32.3 Å². The van der Waals surface area contributed by atoms with Crippen LogP contribution >= 0.6 is 0 Å². The molecule has 0 bridgehead atoms. The van der Waals surface area contributed by atoms with Gasteiger partial charge in [-0.2, -0.15) is 0 Å². The van der Waals surface area contributed by atoms with E-state index in [0.29, 0.717) is 6.54 Å². The van der Waals surface area contributed by atoms with Crippen LogP contribution in [0.4, 0.5) is 10.5 Å².